The average Bonchev–Trinajstić information content (AvgIpc) is 3.84. The molecule has 0 aliphatic heterocycles. The van der Waals surface area contributed by atoms with Gasteiger partial charge in [0.05, 0.1) is 28.9 Å². The monoisotopic (exact) mass is 684 g/mol. The molecule has 7 aromatic carbocycles. The molecule has 0 amide bonds. The Hall–Kier alpha value is -6.85. The SMILES string of the molecule is [2H]c1c([2H])c([2H])c(-n2c3ccccc3c3cc4c5ccccc5n(-c5nc(-c6ccccc6)nc(-c6ccc7c(c6)-c6ccccc6C7(C)C)n5)c4cc32)c([2H])c1[2H]. The van der Waals surface area contributed by atoms with Crippen LogP contribution in [0, 0.1) is 0 Å². The fourth-order valence-corrected chi connectivity index (χ4v) is 8.41. The summed E-state index contributed by atoms with van der Waals surface area (Å²) < 4.78 is 47.2. The maximum Gasteiger partial charge on any atom is 0.238 e. The Morgan fingerprint density at radius 1 is 0.472 bits per heavy atom. The number of nitrogens with zero attached hydrogens (tertiary/aromatic N) is 5. The minimum Gasteiger partial charge on any atom is -0.309 e. The van der Waals surface area contributed by atoms with Crippen molar-refractivity contribution in [2.75, 3.05) is 0 Å². The lowest BCUT2D eigenvalue weighted by molar-refractivity contribution is 0.660. The second kappa shape index (κ2) is 11.1. The van der Waals surface area contributed by atoms with E-state index in [1.807, 2.05) is 72.8 Å². The van der Waals surface area contributed by atoms with Crippen LogP contribution in [-0.4, -0.2) is 24.1 Å². The Kier molecular flexibility index (Phi) is 5.26. The van der Waals surface area contributed by atoms with Gasteiger partial charge in [-0.1, -0.05) is 135 Å². The maximum absolute atomic E-state index is 8.98. The van der Waals surface area contributed by atoms with Crippen LogP contribution in [0.4, 0.5) is 0 Å². The molecule has 0 N–H and O–H groups in total. The number of aromatic nitrogens is 5. The minimum atomic E-state index is -0.432. The molecule has 0 saturated heterocycles. The molecular weight excluding hydrogens is 647 g/mol. The average molecular weight is 685 g/mol. The molecule has 3 aromatic heterocycles. The van der Waals surface area contributed by atoms with Crippen LogP contribution < -0.4 is 0 Å². The van der Waals surface area contributed by atoms with E-state index in [9.17, 15) is 0 Å². The predicted octanol–water partition coefficient (Wildman–Crippen LogP) is 11.7. The van der Waals surface area contributed by atoms with Crippen molar-refractivity contribution in [1.82, 2.24) is 24.1 Å². The summed E-state index contributed by atoms with van der Waals surface area (Å²) in [6, 6.07) is 43.4. The first-order chi connectivity index (χ1) is 28.1. The first-order valence-electron chi connectivity index (χ1n) is 20.2. The molecule has 11 rings (SSSR count). The topological polar surface area (TPSA) is 48.5 Å². The van der Waals surface area contributed by atoms with Gasteiger partial charge in [-0.25, -0.2) is 4.98 Å². The van der Waals surface area contributed by atoms with Gasteiger partial charge in [-0.3, -0.25) is 4.57 Å². The minimum absolute atomic E-state index is 0.0920. The Balaban J connectivity index is 1.22. The fraction of sp³-hybridized carbons (Fsp3) is 0.0625. The highest BCUT2D eigenvalue weighted by Crippen LogP contribution is 2.49. The first kappa shape index (κ1) is 25.2. The van der Waals surface area contributed by atoms with Crippen molar-refractivity contribution in [2.24, 2.45) is 0 Å². The Bertz CT molecular complexity index is 3360. The van der Waals surface area contributed by atoms with Crippen LogP contribution in [0.25, 0.3) is 89.2 Å². The van der Waals surface area contributed by atoms with Crippen LogP contribution in [0.3, 0.4) is 0 Å². The van der Waals surface area contributed by atoms with Gasteiger partial charge in [0.2, 0.25) is 5.95 Å². The third-order valence-corrected chi connectivity index (χ3v) is 10.9. The Morgan fingerprint density at radius 3 is 1.83 bits per heavy atom. The molecule has 53 heavy (non-hydrogen) atoms. The zero-order chi connectivity index (χ0) is 39.6. The third-order valence-electron chi connectivity index (χ3n) is 10.9. The molecule has 10 aromatic rings. The molecule has 0 spiro atoms. The van der Waals surface area contributed by atoms with Gasteiger partial charge in [0.25, 0.3) is 0 Å². The van der Waals surface area contributed by atoms with Crippen molar-refractivity contribution >= 4 is 43.6 Å². The van der Waals surface area contributed by atoms with Gasteiger partial charge in [-0.2, -0.15) is 9.97 Å². The zero-order valence-corrected chi connectivity index (χ0v) is 28.9. The van der Waals surface area contributed by atoms with Crippen LogP contribution in [-0.2, 0) is 5.41 Å². The first-order valence-corrected chi connectivity index (χ1v) is 17.7. The molecule has 0 bridgehead atoms. The van der Waals surface area contributed by atoms with Crippen molar-refractivity contribution in [1.29, 1.82) is 0 Å². The van der Waals surface area contributed by atoms with E-state index >= 15 is 0 Å². The van der Waals surface area contributed by atoms with Gasteiger partial charge >= 0.3 is 0 Å². The molecular formula is C48H33N5. The van der Waals surface area contributed by atoms with E-state index < -0.39 is 6.04 Å². The van der Waals surface area contributed by atoms with Crippen LogP contribution in [0.1, 0.15) is 31.8 Å². The van der Waals surface area contributed by atoms with E-state index in [2.05, 4.69) is 79.1 Å². The van der Waals surface area contributed by atoms with E-state index in [4.69, 9.17) is 21.8 Å². The second-order valence-electron chi connectivity index (χ2n) is 14.1. The van der Waals surface area contributed by atoms with Crippen molar-refractivity contribution < 1.29 is 6.85 Å². The van der Waals surface area contributed by atoms with E-state index in [0.29, 0.717) is 23.1 Å². The molecule has 0 fully saturated rings. The van der Waals surface area contributed by atoms with E-state index in [0.717, 1.165) is 49.2 Å². The summed E-state index contributed by atoms with van der Waals surface area (Å²) in [6.07, 6.45) is 0. The fourth-order valence-electron chi connectivity index (χ4n) is 8.41. The van der Waals surface area contributed by atoms with Crippen molar-refractivity contribution in [3.63, 3.8) is 0 Å². The lowest BCUT2D eigenvalue weighted by Gasteiger charge is -2.21. The molecule has 5 heteroatoms. The largest absolute Gasteiger partial charge is 0.309 e. The van der Waals surface area contributed by atoms with Gasteiger partial charge < -0.3 is 4.57 Å². The standard InChI is InChI=1S/C48H33N5/c1-48(2)39-22-12-9-19-33(39)36-27-31(25-26-40(36)48)46-49-45(30-15-5-3-6-16-30)50-47(51-46)53-42-24-14-11-21-35(42)38-28-37-34-20-10-13-23-41(34)52(43(37)29-44(38)53)32-17-7-4-8-18-32/h3-29H,1-2H3/i4D,7D,8D,17D,18D. The number of rotatable bonds is 4. The van der Waals surface area contributed by atoms with Crippen LogP contribution in [0.5, 0.6) is 0 Å². The lowest BCUT2D eigenvalue weighted by atomic mass is 9.82. The van der Waals surface area contributed by atoms with Crippen molar-refractivity contribution in [3.8, 4) is 45.5 Å². The molecule has 0 unspecified atom stereocenters. The summed E-state index contributed by atoms with van der Waals surface area (Å²) in [5, 5.41) is 3.75. The van der Waals surface area contributed by atoms with E-state index in [1.54, 1.807) is 4.57 Å². The summed E-state index contributed by atoms with van der Waals surface area (Å²) in [5.41, 5.74) is 9.71. The van der Waals surface area contributed by atoms with E-state index in [1.165, 1.54) is 22.3 Å². The molecule has 0 radical (unpaired) electrons. The molecule has 1 aliphatic carbocycles. The molecule has 5 nitrogen and oxygen atoms in total. The summed E-state index contributed by atoms with van der Waals surface area (Å²) in [4.78, 5) is 15.5. The molecule has 0 saturated carbocycles. The van der Waals surface area contributed by atoms with Crippen LogP contribution in [0.2, 0.25) is 0 Å². The van der Waals surface area contributed by atoms with Gasteiger partial charge in [-0.05, 0) is 64.7 Å². The van der Waals surface area contributed by atoms with Gasteiger partial charge in [0.1, 0.15) is 0 Å². The predicted molar refractivity (Wildman–Crippen MR) is 217 cm³/mol. The van der Waals surface area contributed by atoms with Crippen LogP contribution in [0.15, 0.2) is 164 Å². The molecule has 3 heterocycles. The van der Waals surface area contributed by atoms with Crippen LogP contribution >= 0.6 is 0 Å². The Morgan fingerprint density at radius 2 is 1.08 bits per heavy atom. The quantitative estimate of drug-likeness (QED) is 0.185. The molecule has 0 atom stereocenters. The van der Waals surface area contributed by atoms with Crippen molar-refractivity contribution in [3.05, 3.63) is 175 Å². The highest BCUT2D eigenvalue weighted by atomic mass is 15.2. The lowest BCUT2D eigenvalue weighted by Crippen LogP contribution is -2.14. The summed E-state index contributed by atoms with van der Waals surface area (Å²) in [7, 11) is 0. The number of hydrogen-bond acceptors (Lipinski definition) is 3. The van der Waals surface area contributed by atoms with Gasteiger partial charge in [0.15, 0.2) is 11.6 Å². The number of benzene rings is 7. The Labute approximate surface area is 313 Å². The third kappa shape index (κ3) is 4.34. The second-order valence-corrected chi connectivity index (χ2v) is 14.1. The highest BCUT2D eigenvalue weighted by molar-refractivity contribution is 6.19. The molecule has 250 valence electrons. The van der Waals surface area contributed by atoms with Gasteiger partial charge in [-0.15, -0.1) is 0 Å². The zero-order valence-electron chi connectivity index (χ0n) is 33.9. The summed E-state index contributed by atoms with van der Waals surface area (Å²) in [6.45, 7) is 4.53. The number of hydrogen-bond donors (Lipinski definition) is 0. The number of para-hydroxylation sites is 3. The summed E-state index contributed by atoms with van der Waals surface area (Å²) >= 11 is 0. The van der Waals surface area contributed by atoms with Gasteiger partial charge in [0, 0.05) is 43.8 Å². The normalized spacial score (nSPS) is 14.6. The van der Waals surface area contributed by atoms with Crippen molar-refractivity contribution in [2.45, 2.75) is 19.3 Å². The van der Waals surface area contributed by atoms with E-state index in [-0.39, 0.29) is 35.3 Å². The highest BCUT2D eigenvalue weighted by Gasteiger charge is 2.35. The molecule has 1 aliphatic rings. The smallest absolute Gasteiger partial charge is 0.238 e. The summed E-state index contributed by atoms with van der Waals surface area (Å²) in [5.74, 6) is 1.50. The maximum atomic E-state index is 8.98. The number of fused-ring (bicyclic) bond motifs is 9.